The van der Waals surface area contributed by atoms with Crippen molar-refractivity contribution >= 4 is 27.5 Å². The topological polar surface area (TPSA) is 34.4 Å². The zero-order valence-corrected chi connectivity index (χ0v) is 14.7. The van der Waals surface area contributed by atoms with Gasteiger partial charge in [-0.2, -0.15) is 0 Å². The molecule has 21 heavy (non-hydrogen) atoms. The highest BCUT2D eigenvalue weighted by molar-refractivity contribution is 9.10. The molecule has 2 rings (SSSR count). The van der Waals surface area contributed by atoms with Crippen molar-refractivity contribution in [2.45, 2.75) is 26.3 Å². The van der Waals surface area contributed by atoms with Gasteiger partial charge in [0.05, 0.1) is 17.6 Å². The first-order valence-corrected chi connectivity index (χ1v) is 8.12. The fourth-order valence-corrected chi connectivity index (χ4v) is 3.31. The Morgan fingerprint density at radius 3 is 2.67 bits per heavy atom. The van der Waals surface area contributed by atoms with Crippen LogP contribution in [-0.2, 0) is 6.42 Å². The summed E-state index contributed by atoms with van der Waals surface area (Å²) in [6, 6.07) is 7.64. The number of halogens is 2. The molecule has 0 amide bonds. The van der Waals surface area contributed by atoms with Crippen molar-refractivity contribution in [2.24, 2.45) is 0 Å². The van der Waals surface area contributed by atoms with Gasteiger partial charge in [-0.05, 0) is 46.7 Å². The van der Waals surface area contributed by atoms with Crippen LogP contribution in [0.25, 0.3) is 0 Å². The molecule has 1 heterocycles. The first kappa shape index (κ1) is 16.4. The van der Waals surface area contributed by atoms with Crippen LogP contribution < -0.4 is 10.1 Å². The van der Waals surface area contributed by atoms with Crippen molar-refractivity contribution in [3.63, 3.8) is 0 Å². The molecular formula is C16H19BrClNO2. The Hall–Kier alpha value is -0.970. The average Bonchev–Trinajstić information content (AvgIpc) is 2.92. The Bertz CT molecular complexity index is 612. The van der Waals surface area contributed by atoms with Gasteiger partial charge in [-0.25, -0.2) is 0 Å². The summed E-state index contributed by atoms with van der Waals surface area (Å²) in [6.45, 7) is 4.93. The van der Waals surface area contributed by atoms with Crippen LogP contribution in [0.3, 0.4) is 0 Å². The first-order valence-electron chi connectivity index (χ1n) is 6.95. The van der Waals surface area contributed by atoms with Gasteiger partial charge in [-0.1, -0.05) is 25.4 Å². The minimum Gasteiger partial charge on any atom is -0.495 e. The number of hydrogen-bond acceptors (Lipinski definition) is 3. The summed E-state index contributed by atoms with van der Waals surface area (Å²) in [5.41, 5.74) is 0.954. The lowest BCUT2D eigenvalue weighted by Gasteiger charge is -2.20. The summed E-state index contributed by atoms with van der Waals surface area (Å²) < 4.78 is 12.3. The van der Waals surface area contributed by atoms with Crippen LogP contribution in [0.15, 0.2) is 33.2 Å². The van der Waals surface area contributed by atoms with E-state index in [9.17, 15) is 0 Å². The zero-order chi connectivity index (χ0) is 15.4. The van der Waals surface area contributed by atoms with E-state index in [0.717, 1.165) is 40.3 Å². The molecule has 2 aromatic rings. The van der Waals surface area contributed by atoms with Crippen molar-refractivity contribution in [3.8, 4) is 5.75 Å². The maximum Gasteiger partial charge on any atom is 0.138 e. The van der Waals surface area contributed by atoms with E-state index in [-0.39, 0.29) is 6.04 Å². The van der Waals surface area contributed by atoms with Crippen LogP contribution in [0.5, 0.6) is 5.75 Å². The molecule has 0 bridgehead atoms. The summed E-state index contributed by atoms with van der Waals surface area (Å²) in [5, 5.41) is 4.08. The number of methoxy groups -OCH3 is 1. The minimum absolute atomic E-state index is 0.0970. The molecule has 0 saturated heterocycles. The van der Waals surface area contributed by atoms with Gasteiger partial charge < -0.3 is 14.5 Å². The van der Waals surface area contributed by atoms with Crippen molar-refractivity contribution in [3.05, 3.63) is 50.8 Å². The fourth-order valence-electron chi connectivity index (χ4n) is 2.32. The third-order valence-electron chi connectivity index (χ3n) is 3.28. The van der Waals surface area contributed by atoms with E-state index < -0.39 is 0 Å². The number of ether oxygens (including phenoxy) is 1. The standard InChI is InChI=1S/C16H19BrClNO2/c1-4-11-6-7-14(21-11)15(19-5-2)12-8-10(18)9-13(17)16(12)20-3/h6-9,15,19H,4-5H2,1-3H3. The van der Waals surface area contributed by atoms with Gasteiger partial charge in [0, 0.05) is 17.0 Å². The third kappa shape index (κ3) is 3.62. The fraction of sp³-hybridized carbons (Fsp3) is 0.375. The first-order chi connectivity index (χ1) is 10.1. The number of aryl methyl sites for hydroxylation is 1. The molecule has 0 saturated carbocycles. The molecule has 0 fully saturated rings. The Labute approximate surface area is 138 Å². The monoisotopic (exact) mass is 371 g/mol. The SMILES string of the molecule is CCNC(c1ccc(CC)o1)c1cc(Cl)cc(Br)c1OC. The maximum absolute atomic E-state index is 6.20. The minimum atomic E-state index is -0.0970. The van der Waals surface area contributed by atoms with Crippen LogP contribution in [-0.4, -0.2) is 13.7 Å². The summed E-state index contributed by atoms with van der Waals surface area (Å²) in [4.78, 5) is 0. The number of rotatable bonds is 6. The number of nitrogens with one attached hydrogen (secondary N) is 1. The van der Waals surface area contributed by atoms with Gasteiger partial charge in [0.2, 0.25) is 0 Å². The Balaban J connectivity index is 2.51. The second-order valence-corrected chi connectivity index (χ2v) is 5.95. The van der Waals surface area contributed by atoms with Crippen molar-refractivity contribution < 1.29 is 9.15 Å². The van der Waals surface area contributed by atoms with Crippen LogP contribution in [0.4, 0.5) is 0 Å². The molecule has 0 aliphatic heterocycles. The van der Waals surface area contributed by atoms with Crippen LogP contribution >= 0.6 is 27.5 Å². The quantitative estimate of drug-likeness (QED) is 0.778. The highest BCUT2D eigenvalue weighted by atomic mass is 79.9. The zero-order valence-electron chi connectivity index (χ0n) is 12.4. The van der Waals surface area contributed by atoms with Gasteiger partial charge in [0.1, 0.15) is 17.3 Å². The highest BCUT2D eigenvalue weighted by Gasteiger charge is 2.23. The van der Waals surface area contributed by atoms with Gasteiger partial charge >= 0.3 is 0 Å². The lowest BCUT2D eigenvalue weighted by molar-refractivity contribution is 0.386. The lowest BCUT2D eigenvalue weighted by atomic mass is 10.0. The Kier molecular flexibility index (Phi) is 5.73. The molecular weight excluding hydrogens is 354 g/mol. The van der Waals surface area contributed by atoms with Gasteiger partial charge in [0.15, 0.2) is 0 Å². The lowest BCUT2D eigenvalue weighted by Crippen LogP contribution is -2.22. The molecule has 3 nitrogen and oxygen atoms in total. The summed E-state index contributed by atoms with van der Waals surface area (Å²) in [5.74, 6) is 2.59. The van der Waals surface area contributed by atoms with Gasteiger partial charge in [0.25, 0.3) is 0 Å². The molecule has 5 heteroatoms. The van der Waals surface area contributed by atoms with Crippen LogP contribution in [0.1, 0.15) is 37.0 Å². The van der Waals surface area contributed by atoms with E-state index in [1.54, 1.807) is 7.11 Å². The van der Waals surface area contributed by atoms with E-state index in [4.69, 9.17) is 20.8 Å². The van der Waals surface area contributed by atoms with Crippen LogP contribution in [0.2, 0.25) is 5.02 Å². The largest absolute Gasteiger partial charge is 0.495 e. The summed E-state index contributed by atoms with van der Waals surface area (Å²) in [6.07, 6.45) is 0.870. The van der Waals surface area contributed by atoms with Crippen LogP contribution in [0, 0.1) is 0 Å². The molecule has 0 spiro atoms. The molecule has 1 unspecified atom stereocenters. The van der Waals surface area contributed by atoms with E-state index in [1.165, 1.54) is 0 Å². The summed E-state index contributed by atoms with van der Waals surface area (Å²) in [7, 11) is 1.65. The van der Waals surface area contributed by atoms with Gasteiger partial charge in [-0.15, -0.1) is 0 Å². The highest BCUT2D eigenvalue weighted by Crippen LogP contribution is 2.38. The Morgan fingerprint density at radius 1 is 1.33 bits per heavy atom. The van der Waals surface area contributed by atoms with Crippen molar-refractivity contribution in [1.29, 1.82) is 0 Å². The normalized spacial score (nSPS) is 12.4. The van der Waals surface area contributed by atoms with E-state index in [2.05, 4.69) is 35.1 Å². The number of benzene rings is 1. The molecule has 0 aliphatic rings. The van der Waals surface area contributed by atoms with Crippen molar-refractivity contribution in [1.82, 2.24) is 5.32 Å². The van der Waals surface area contributed by atoms with Crippen molar-refractivity contribution in [2.75, 3.05) is 13.7 Å². The smallest absolute Gasteiger partial charge is 0.138 e. The van der Waals surface area contributed by atoms with E-state index in [1.807, 2.05) is 24.3 Å². The Morgan fingerprint density at radius 2 is 2.10 bits per heavy atom. The average molecular weight is 373 g/mol. The van der Waals surface area contributed by atoms with Gasteiger partial charge in [-0.3, -0.25) is 0 Å². The molecule has 1 atom stereocenters. The summed E-state index contributed by atoms with van der Waals surface area (Å²) >= 11 is 9.70. The molecule has 1 aromatic heterocycles. The second-order valence-electron chi connectivity index (χ2n) is 4.66. The predicted octanol–water partition coefficient (Wildman–Crippen LogP) is 4.97. The number of hydrogen-bond donors (Lipinski definition) is 1. The molecule has 0 aliphatic carbocycles. The van der Waals surface area contributed by atoms with E-state index in [0.29, 0.717) is 5.02 Å². The molecule has 1 N–H and O–H groups in total. The predicted molar refractivity (Wildman–Crippen MR) is 89.3 cm³/mol. The maximum atomic E-state index is 6.20. The second kappa shape index (κ2) is 7.34. The third-order valence-corrected chi connectivity index (χ3v) is 4.08. The molecule has 114 valence electrons. The number of furan rings is 1. The van der Waals surface area contributed by atoms with E-state index >= 15 is 0 Å². The molecule has 1 aromatic carbocycles. The molecule has 0 radical (unpaired) electrons.